The quantitative estimate of drug-likeness (QED) is 0.299. The van der Waals surface area contributed by atoms with Gasteiger partial charge in [-0.3, -0.25) is 4.68 Å². The van der Waals surface area contributed by atoms with Gasteiger partial charge in [0.25, 0.3) is 0 Å². The standard InChI is InChI=1S/C30H35F2N5O4/c1-17-23(16-35-37(17)20-7-9-36(10-8-20)29(38)41-30(2,3)4)19-11-21-18(14-33-28(21)34-15-19)12-22-26(31)24(39-5)13-25(40-6)27(22)32/h11,13-16,20H,7-10,12H2,1-6H3,(H,33,34). The van der Waals surface area contributed by atoms with Crippen molar-refractivity contribution in [3.05, 3.63) is 59.2 Å². The average molecular weight is 568 g/mol. The third-order valence-electron chi connectivity index (χ3n) is 7.47. The number of likely N-dealkylation sites (tertiary alicyclic amines) is 1. The Kier molecular flexibility index (Phi) is 7.63. The third-order valence-corrected chi connectivity index (χ3v) is 7.47. The number of pyridine rings is 1. The lowest BCUT2D eigenvalue weighted by Crippen LogP contribution is -2.42. The fourth-order valence-corrected chi connectivity index (χ4v) is 5.33. The number of piperidine rings is 1. The van der Waals surface area contributed by atoms with Crippen molar-refractivity contribution in [2.45, 2.75) is 58.6 Å². The maximum absolute atomic E-state index is 15.1. The highest BCUT2D eigenvalue weighted by Crippen LogP contribution is 2.35. The summed E-state index contributed by atoms with van der Waals surface area (Å²) < 4.78 is 47.9. The van der Waals surface area contributed by atoms with Crippen molar-refractivity contribution in [2.24, 2.45) is 0 Å². The van der Waals surface area contributed by atoms with E-state index in [1.54, 1.807) is 17.3 Å². The van der Waals surface area contributed by atoms with Crippen LogP contribution < -0.4 is 9.47 Å². The molecule has 0 bridgehead atoms. The Balaban J connectivity index is 1.39. The second-order valence-electron chi connectivity index (χ2n) is 11.3. The Morgan fingerprint density at radius 3 is 2.34 bits per heavy atom. The summed E-state index contributed by atoms with van der Waals surface area (Å²) in [6, 6.07) is 3.31. The number of nitrogens with one attached hydrogen (secondary N) is 1. The molecule has 218 valence electrons. The molecule has 1 amide bonds. The number of methoxy groups -OCH3 is 2. The van der Waals surface area contributed by atoms with Crippen LogP contribution in [0.3, 0.4) is 0 Å². The van der Waals surface area contributed by atoms with Crippen LogP contribution in [-0.4, -0.2) is 63.7 Å². The number of hydrogen-bond donors (Lipinski definition) is 1. The molecular formula is C30H35F2N5O4. The van der Waals surface area contributed by atoms with E-state index >= 15 is 8.78 Å². The van der Waals surface area contributed by atoms with Gasteiger partial charge >= 0.3 is 6.09 Å². The zero-order valence-corrected chi connectivity index (χ0v) is 24.2. The van der Waals surface area contributed by atoms with Crippen LogP contribution in [0, 0.1) is 18.6 Å². The van der Waals surface area contributed by atoms with E-state index in [1.807, 2.05) is 44.6 Å². The van der Waals surface area contributed by atoms with Gasteiger partial charge in [0.05, 0.1) is 26.5 Å². The molecule has 1 aliphatic rings. The Morgan fingerprint density at radius 1 is 1.07 bits per heavy atom. The highest BCUT2D eigenvalue weighted by Gasteiger charge is 2.29. The molecule has 9 nitrogen and oxygen atoms in total. The van der Waals surface area contributed by atoms with Crippen LogP contribution in [0.25, 0.3) is 22.2 Å². The molecule has 0 aliphatic carbocycles. The molecule has 4 heterocycles. The molecule has 1 fully saturated rings. The summed E-state index contributed by atoms with van der Waals surface area (Å²) in [6.07, 6.45) is 6.51. The van der Waals surface area contributed by atoms with Crippen molar-refractivity contribution in [1.29, 1.82) is 0 Å². The van der Waals surface area contributed by atoms with Crippen molar-refractivity contribution in [2.75, 3.05) is 27.3 Å². The highest BCUT2D eigenvalue weighted by molar-refractivity contribution is 5.85. The first kappa shape index (κ1) is 28.4. The van der Waals surface area contributed by atoms with Crippen LogP contribution in [0.15, 0.2) is 30.7 Å². The van der Waals surface area contributed by atoms with Gasteiger partial charge in [0.2, 0.25) is 0 Å². The number of carbonyl (C=O) groups excluding carboxylic acids is 1. The Hall–Kier alpha value is -4.15. The normalized spacial score (nSPS) is 14.5. The van der Waals surface area contributed by atoms with Gasteiger partial charge in [-0.05, 0) is 52.2 Å². The molecule has 1 aliphatic heterocycles. The van der Waals surface area contributed by atoms with Gasteiger partial charge in [-0.25, -0.2) is 18.6 Å². The molecule has 0 unspecified atom stereocenters. The van der Waals surface area contributed by atoms with Crippen molar-refractivity contribution >= 4 is 17.1 Å². The van der Waals surface area contributed by atoms with E-state index in [0.717, 1.165) is 35.0 Å². The van der Waals surface area contributed by atoms with Gasteiger partial charge in [0.1, 0.15) is 11.2 Å². The first-order valence-corrected chi connectivity index (χ1v) is 13.6. The second-order valence-corrected chi connectivity index (χ2v) is 11.3. The molecule has 0 radical (unpaired) electrons. The summed E-state index contributed by atoms with van der Waals surface area (Å²) in [5.74, 6) is -1.70. The van der Waals surface area contributed by atoms with Crippen LogP contribution in [0.1, 0.15) is 56.5 Å². The van der Waals surface area contributed by atoms with Gasteiger partial charge < -0.3 is 24.1 Å². The second kappa shape index (κ2) is 11.0. The van der Waals surface area contributed by atoms with E-state index in [2.05, 4.69) is 15.1 Å². The van der Waals surface area contributed by atoms with Gasteiger partial charge in [-0.2, -0.15) is 5.10 Å². The smallest absolute Gasteiger partial charge is 0.410 e. The number of fused-ring (bicyclic) bond motifs is 1. The highest BCUT2D eigenvalue weighted by atomic mass is 19.1. The molecule has 0 spiro atoms. The van der Waals surface area contributed by atoms with E-state index in [-0.39, 0.29) is 35.6 Å². The topological polar surface area (TPSA) is 94.5 Å². The SMILES string of the molecule is COc1cc(OC)c(F)c(Cc2c[nH]c3ncc(-c4cnn(C5CCN(C(=O)OC(C)(C)C)CC5)c4C)cc23)c1F. The third kappa shape index (κ3) is 5.57. The van der Waals surface area contributed by atoms with Crippen LogP contribution in [-0.2, 0) is 11.2 Å². The number of nitrogens with zero attached hydrogens (tertiary/aromatic N) is 4. The monoisotopic (exact) mass is 567 g/mol. The summed E-state index contributed by atoms with van der Waals surface area (Å²) >= 11 is 0. The molecule has 4 aromatic rings. The van der Waals surface area contributed by atoms with E-state index < -0.39 is 17.2 Å². The van der Waals surface area contributed by atoms with Crippen LogP contribution in [0.2, 0.25) is 0 Å². The number of hydrogen-bond acceptors (Lipinski definition) is 6. The van der Waals surface area contributed by atoms with Gasteiger partial charge in [-0.15, -0.1) is 0 Å². The predicted octanol–water partition coefficient (Wildman–Crippen LogP) is 6.19. The van der Waals surface area contributed by atoms with Crippen molar-refractivity contribution in [3.8, 4) is 22.6 Å². The van der Waals surface area contributed by atoms with Gasteiger partial charge in [0, 0.05) is 65.7 Å². The van der Waals surface area contributed by atoms with Crippen molar-refractivity contribution < 1.29 is 27.8 Å². The number of amides is 1. The molecule has 11 heteroatoms. The minimum absolute atomic E-state index is 0.0230. The largest absolute Gasteiger partial charge is 0.494 e. The number of benzene rings is 1. The summed E-state index contributed by atoms with van der Waals surface area (Å²) in [4.78, 5) is 21.9. The van der Waals surface area contributed by atoms with Crippen LogP contribution >= 0.6 is 0 Å². The molecule has 1 N–H and O–H groups in total. The molecule has 0 atom stereocenters. The first-order valence-electron chi connectivity index (χ1n) is 13.6. The molecule has 1 saturated heterocycles. The summed E-state index contributed by atoms with van der Waals surface area (Å²) in [5, 5.41) is 5.43. The van der Waals surface area contributed by atoms with Gasteiger partial charge in [0.15, 0.2) is 23.1 Å². The number of carbonyl (C=O) groups is 1. The number of H-pyrrole nitrogens is 1. The van der Waals surface area contributed by atoms with E-state index in [1.165, 1.54) is 20.3 Å². The summed E-state index contributed by atoms with van der Waals surface area (Å²) in [7, 11) is 2.66. The minimum atomic E-state index is -0.765. The van der Waals surface area contributed by atoms with Crippen LogP contribution in [0.4, 0.5) is 13.6 Å². The lowest BCUT2D eigenvalue weighted by molar-refractivity contribution is 0.0184. The summed E-state index contributed by atoms with van der Waals surface area (Å²) in [5.41, 5.74) is 3.36. The lowest BCUT2D eigenvalue weighted by atomic mass is 10.0. The van der Waals surface area contributed by atoms with E-state index in [4.69, 9.17) is 14.2 Å². The fraction of sp³-hybridized carbons (Fsp3) is 0.433. The number of rotatable bonds is 6. The number of halogens is 2. The Morgan fingerprint density at radius 2 is 1.73 bits per heavy atom. The lowest BCUT2D eigenvalue weighted by Gasteiger charge is -2.33. The first-order chi connectivity index (χ1) is 19.5. The zero-order valence-electron chi connectivity index (χ0n) is 24.2. The number of ether oxygens (including phenoxy) is 3. The summed E-state index contributed by atoms with van der Waals surface area (Å²) in [6.45, 7) is 8.79. The maximum Gasteiger partial charge on any atom is 0.410 e. The fourth-order valence-electron chi connectivity index (χ4n) is 5.33. The number of aromatic amines is 1. The van der Waals surface area contributed by atoms with E-state index in [9.17, 15) is 4.79 Å². The predicted molar refractivity (Wildman–Crippen MR) is 150 cm³/mol. The molecule has 3 aromatic heterocycles. The molecule has 5 rings (SSSR count). The minimum Gasteiger partial charge on any atom is -0.494 e. The molecule has 1 aromatic carbocycles. The van der Waals surface area contributed by atoms with Crippen molar-refractivity contribution in [1.82, 2.24) is 24.6 Å². The zero-order chi connectivity index (χ0) is 29.5. The number of aromatic nitrogens is 4. The average Bonchev–Trinajstić information content (AvgIpc) is 3.53. The maximum atomic E-state index is 15.1. The molecule has 41 heavy (non-hydrogen) atoms. The molecular weight excluding hydrogens is 532 g/mol. The van der Waals surface area contributed by atoms with Gasteiger partial charge in [-0.1, -0.05) is 0 Å². The molecule has 0 saturated carbocycles. The van der Waals surface area contributed by atoms with Crippen LogP contribution in [0.5, 0.6) is 11.5 Å². The van der Waals surface area contributed by atoms with E-state index in [0.29, 0.717) is 24.3 Å². The van der Waals surface area contributed by atoms with Crippen molar-refractivity contribution in [3.63, 3.8) is 0 Å². The Bertz CT molecular complexity index is 1550. The Labute approximate surface area is 237 Å².